The number of nitrogens with zero attached hydrogens (tertiary/aromatic N) is 4. The molecule has 0 aliphatic heterocycles. The van der Waals surface area contributed by atoms with Crippen LogP contribution < -0.4 is 10.1 Å². The summed E-state index contributed by atoms with van der Waals surface area (Å²) in [5, 5.41) is 11.8. The fourth-order valence-corrected chi connectivity index (χ4v) is 1.62. The van der Waals surface area contributed by atoms with E-state index in [9.17, 15) is 4.79 Å². The Morgan fingerprint density at radius 2 is 2.29 bits per heavy atom. The minimum atomic E-state index is -1.04. The van der Waals surface area contributed by atoms with E-state index in [1.54, 1.807) is 16.8 Å². The number of ether oxygens (including phenoxy) is 1. The first kappa shape index (κ1) is 14.8. The average molecular weight is 291 g/mol. The molecule has 2 heterocycles. The maximum absolute atomic E-state index is 10.7. The predicted octanol–water partition coefficient (Wildman–Crippen LogP) is 1.27. The monoisotopic (exact) mass is 291 g/mol. The first-order chi connectivity index (χ1) is 10.0. The van der Waals surface area contributed by atoms with E-state index in [1.807, 2.05) is 13.8 Å². The Balaban J connectivity index is 1.86. The SMILES string of the molecule is CC(C)Oc1ccnc(NCCn2cnc(C(=O)O)c2)n1. The number of hydrogen-bond acceptors (Lipinski definition) is 6. The Bertz CT molecular complexity index is 611. The van der Waals surface area contributed by atoms with Gasteiger partial charge in [-0.1, -0.05) is 0 Å². The second-order valence-electron chi connectivity index (χ2n) is 4.61. The molecule has 0 bridgehead atoms. The molecular weight excluding hydrogens is 274 g/mol. The molecular formula is C13H17N5O3. The van der Waals surface area contributed by atoms with E-state index in [-0.39, 0.29) is 11.8 Å². The number of rotatable bonds is 7. The first-order valence-electron chi connectivity index (χ1n) is 6.53. The van der Waals surface area contributed by atoms with Gasteiger partial charge >= 0.3 is 5.97 Å². The largest absolute Gasteiger partial charge is 0.476 e. The van der Waals surface area contributed by atoms with E-state index >= 15 is 0 Å². The highest BCUT2D eigenvalue weighted by Gasteiger charge is 2.06. The average Bonchev–Trinajstić information content (AvgIpc) is 2.87. The quantitative estimate of drug-likeness (QED) is 0.792. The molecule has 0 unspecified atom stereocenters. The maximum Gasteiger partial charge on any atom is 0.356 e. The Morgan fingerprint density at radius 1 is 1.48 bits per heavy atom. The topological polar surface area (TPSA) is 102 Å². The molecule has 8 heteroatoms. The van der Waals surface area contributed by atoms with E-state index < -0.39 is 5.97 Å². The van der Waals surface area contributed by atoms with Gasteiger partial charge in [0.05, 0.1) is 12.4 Å². The van der Waals surface area contributed by atoms with E-state index in [2.05, 4.69) is 20.3 Å². The lowest BCUT2D eigenvalue weighted by molar-refractivity contribution is 0.0691. The summed E-state index contributed by atoms with van der Waals surface area (Å²) >= 11 is 0. The number of anilines is 1. The van der Waals surface area contributed by atoms with Crippen molar-refractivity contribution < 1.29 is 14.6 Å². The summed E-state index contributed by atoms with van der Waals surface area (Å²) in [5.41, 5.74) is 0.0265. The molecule has 0 aliphatic carbocycles. The summed E-state index contributed by atoms with van der Waals surface area (Å²) in [6, 6.07) is 1.69. The van der Waals surface area contributed by atoms with Crippen LogP contribution in [0.1, 0.15) is 24.3 Å². The Morgan fingerprint density at radius 3 is 2.95 bits per heavy atom. The smallest absolute Gasteiger partial charge is 0.356 e. The highest BCUT2D eigenvalue weighted by molar-refractivity contribution is 5.84. The van der Waals surface area contributed by atoms with Gasteiger partial charge in [-0.3, -0.25) is 0 Å². The van der Waals surface area contributed by atoms with Crippen molar-refractivity contribution in [1.82, 2.24) is 19.5 Å². The van der Waals surface area contributed by atoms with E-state index in [0.717, 1.165) is 0 Å². The third-order valence-electron chi connectivity index (χ3n) is 2.49. The highest BCUT2D eigenvalue weighted by Crippen LogP contribution is 2.10. The van der Waals surface area contributed by atoms with Gasteiger partial charge in [-0.2, -0.15) is 4.98 Å². The van der Waals surface area contributed by atoms with Crippen LogP contribution in [0.3, 0.4) is 0 Å². The summed E-state index contributed by atoms with van der Waals surface area (Å²) in [7, 11) is 0. The number of carboxylic acids is 1. The standard InChI is InChI=1S/C13H17N5O3/c1-9(2)21-11-3-4-14-13(17-11)15-5-6-18-7-10(12(19)20)16-8-18/h3-4,7-9H,5-6H2,1-2H3,(H,19,20)(H,14,15,17). The van der Waals surface area contributed by atoms with Crippen LogP contribution in [0.2, 0.25) is 0 Å². The Hall–Kier alpha value is -2.64. The third-order valence-corrected chi connectivity index (χ3v) is 2.49. The molecule has 0 aromatic carbocycles. The van der Waals surface area contributed by atoms with Crippen LogP contribution in [-0.4, -0.2) is 43.2 Å². The van der Waals surface area contributed by atoms with E-state index in [1.165, 1.54) is 12.5 Å². The lowest BCUT2D eigenvalue weighted by Gasteiger charge is -2.10. The molecule has 2 aromatic heterocycles. The first-order valence-corrected chi connectivity index (χ1v) is 6.53. The molecule has 2 N–H and O–H groups in total. The zero-order valence-electron chi connectivity index (χ0n) is 11.9. The number of aromatic nitrogens is 4. The molecule has 0 fully saturated rings. The molecule has 0 radical (unpaired) electrons. The normalized spacial score (nSPS) is 10.6. The summed E-state index contributed by atoms with van der Waals surface area (Å²) in [6.45, 7) is 4.95. The van der Waals surface area contributed by atoms with Gasteiger partial charge in [-0.05, 0) is 13.8 Å². The van der Waals surface area contributed by atoms with E-state index in [4.69, 9.17) is 9.84 Å². The fraction of sp³-hybridized carbons (Fsp3) is 0.385. The van der Waals surface area contributed by atoms with Crippen LogP contribution in [0.4, 0.5) is 5.95 Å². The van der Waals surface area contributed by atoms with Crippen LogP contribution in [0.15, 0.2) is 24.8 Å². The molecule has 0 saturated heterocycles. The molecule has 0 spiro atoms. The van der Waals surface area contributed by atoms with Gasteiger partial charge in [0.25, 0.3) is 0 Å². The van der Waals surface area contributed by atoms with Crippen LogP contribution in [0.25, 0.3) is 0 Å². The van der Waals surface area contributed by atoms with Crippen molar-refractivity contribution in [3.05, 3.63) is 30.5 Å². The molecule has 0 aliphatic rings. The van der Waals surface area contributed by atoms with Crippen molar-refractivity contribution in [3.63, 3.8) is 0 Å². The van der Waals surface area contributed by atoms with Crippen molar-refractivity contribution in [2.45, 2.75) is 26.5 Å². The molecule has 112 valence electrons. The van der Waals surface area contributed by atoms with Crippen molar-refractivity contribution in [3.8, 4) is 5.88 Å². The number of carboxylic acid groups (broad SMARTS) is 1. The van der Waals surface area contributed by atoms with Crippen molar-refractivity contribution in [2.75, 3.05) is 11.9 Å². The second kappa shape index (κ2) is 6.69. The third kappa shape index (κ3) is 4.44. The number of carbonyl (C=O) groups is 1. The van der Waals surface area contributed by atoms with Crippen LogP contribution >= 0.6 is 0 Å². The molecule has 0 amide bonds. The van der Waals surface area contributed by atoms with Crippen molar-refractivity contribution >= 4 is 11.9 Å². The molecule has 2 rings (SSSR count). The highest BCUT2D eigenvalue weighted by atomic mass is 16.5. The predicted molar refractivity (Wildman–Crippen MR) is 75.5 cm³/mol. The van der Waals surface area contributed by atoms with Gasteiger partial charge < -0.3 is 19.7 Å². The van der Waals surface area contributed by atoms with Gasteiger partial charge in [0.15, 0.2) is 5.69 Å². The van der Waals surface area contributed by atoms with Gasteiger partial charge in [0.1, 0.15) is 0 Å². The fourth-order valence-electron chi connectivity index (χ4n) is 1.62. The number of aromatic carboxylic acids is 1. The molecule has 8 nitrogen and oxygen atoms in total. The molecule has 2 aromatic rings. The zero-order chi connectivity index (χ0) is 15.2. The summed E-state index contributed by atoms with van der Waals surface area (Å²) < 4.78 is 7.16. The van der Waals surface area contributed by atoms with Gasteiger partial charge in [0.2, 0.25) is 11.8 Å². The lowest BCUT2D eigenvalue weighted by atomic mass is 10.5. The minimum Gasteiger partial charge on any atom is -0.476 e. The van der Waals surface area contributed by atoms with Crippen molar-refractivity contribution in [2.24, 2.45) is 0 Å². The number of hydrogen-bond donors (Lipinski definition) is 2. The van der Waals surface area contributed by atoms with Gasteiger partial charge in [0, 0.05) is 31.5 Å². The summed E-state index contributed by atoms with van der Waals surface area (Å²) in [6.07, 6.45) is 4.62. The van der Waals surface area contributed by atoms with Crippen LogP contribution in [-0.2, 0) is 6.54 Å². The van der Waals surface area contributed by atoms with E-state index in [0.29, 0.717) is 24.9 Å². The number of imidazole rings is 1. The number of nitrogens with one attached hydrogen (secondary N) is 1. The molecule has 0 atom stereocenters. The summed E-state index contributed by atoms with van der Waals surface area (Å²) in [5.74, 6) is -0.0615. The van der Waals surface area contributed by atoms with Gasteiger partial charge in [-0.25, -0.2) is 14.8 Å². The Labute approximate surface area is 121 Å². The Kier molecular flexibility index (Phi) is 4.70. The second-order valence-corrected chi connectivity index (χ2v) is 4.61. The van der Waals surface area contributed by atoms with Crippen LogP contribution in [0, 0.1) is 0 Å². The lowest BCUT2D eigenvalue weighted by Crippen LogP contribution is -2.13. The minimum absolute atomic E-state index is 0.0265. The van der Waals surface area contributed by atoms with Crippen LogP contribution in [0.5, 0.6) is 5.88 Å². The summed E-state index contributed by atoms with van der Waals surface area (Å²) in [4.78, 5) is 22.8. The zero-order valence-corrected chi connectivity index (χ0v) is 11.9. The van der Waals surface area contributed by atoms with Gasteiger partial charge in [-0.15, -0.1) is 0 Å². The molecule has 0 saturated carbocycles. The molecule has 21 heavy (non-hydrogen) atoms. The maximum atomic E-state index is 10.7. The van der Waals surface area contributed by atoms with Crippen molar-refractivity contribution in [1.29, 1.82) is 0 Å².